The van der Waals surface area contributed by atoms with E-state index in [9.17, 15) is 4.79 Å². The van der Waals surface area contributed by atoms with E-state index in [1.165, 1.54) is 0 Å². The van der Waals surface area contributed by atoms with Gasteiger partial charge in [0.2, 0.25) is 5.91 Å². The highest BCUT2D eigenvalue weighted by atomic mass is 79.9. The molecule has 1 amide bonds. The van der Waals surface area contributed by atoms with E-state index in [1.807, 2.05) is 12.1 Å². The Hall–Kier alpha value is -0.0700. The maximum Gasteiger partial charge on any atom is 0.219 e. The summed E-state index contributed by atoms with van der Waals surface area (Å²) in [6.07, 6.45) is 0.314. The van der Waals surface area contributed by atoms with E-state index in [0.717, 1.165) is 19.1 Å². The van der Waals surface area contributed by atoms with Gasteiger partial charge in [0, 0.05) is 26.4 Å². The molecule has 0 saturated carbocycles. The first kappa shape index (κ1) is 13.0. The Balaban J connectivity index is 2.72. The van der Waals surface area contributed by atoms with Crippen LogP contribution in [0.25, 0.3) is 0 Å². The third kappa shape index (κ3) is 4.12. The fourth-order valence-electron chi connectivity index (χ4n) is 1.02. The Kier molecular flexibility index (Phi) is 5.08. The first-order valence-corrected chi connectivity index (χ1v) is 6.55. The maximum atomic E-state index is 10.6. The zero-order valence-corrected chi connectivity index (χ0v) is 12.4. The van der Waals surface area contributed by atoms with Crippen LogP contribution in [-0.2, 0) is 4.79 Å². The van der Waals surface area contributed by atoms with E-state index >= 15 is 0 Å². The van der Waals surface area contributed by atoms with E-state index in [2.05, 4.69) is 53.1 Å². The molecule has 1 rings (SSSR count). The quantitative estimate of drug-likeness (QED) is 0.815. The van der Waals surface area contributed by atoms with Crippen LogP contribution in [0.5, 0.6) is 0 Å². The number of anilines is 1. The SMILES string of the molecule is NC(=O)CCNc1c(Br)cc(Br)cc1Br. The maximum absolute atomic E-state index is 10.6. The molecule has 0 atom stereocenters. The van der Waals surface area contributed by atoms with Gasteiger partial charge in [-0.1, -0.05) is 15.9 Å². The summed E-state index contributed by atoms with van der Waals surface area (Å²) in [4.78, 5) is 10.6. The van der Waals surface area contributed by atoms with Gasteiger partial charge >= 0.3 is 0 Å². The summed E-state index contributed by atoms with van der Waals surface area (Å²) in [5, 5.41) is 3.12. The van der Waals surface area contributed by atoms with Crippen molar-refractivity contribution in [2.45, 2.75) is 6.42 Å². The van der Waals surface area contributed by atoms with Crippen LogP contribution in [0.15, 0.2) is 25.6 Å². The Labute approximate surface area is 113 Å². The Morgan fingerprint density at radius 3 is 2.27 bits per heavy atom. The van der Waals surface area contributed by atoms with E-state index in [1.54, 1.807) is 0 Å². The van der Waals surface area contributed by atoms with Crippen LogP contribution in [0.2, 0.25) is 0 Å². The van der Waals surface area contributed by atoms with Gasteiger partial charge in [-0.15, -0.1) is 0 Å². The summed E-state index contributed by atoms with van der Waals surface area (Å²) < 4.78 is 2.82. The number of carbonyl (C=O) groups excluding carboxylic acids is 1. The molecule has 82 valence electrons. The summed E-state index contributed by atoms with van der Waals surface area (Å²) in [5.41, 5.74) is 5.96. The minimum absolute atomic E-state index is 0.313. The van der Waals surface area contributed by atoms with Gasteiger partial charge in [-0.05, 0) is 44.0 Å². The highest BCUT2D eigenvalue weighted by Crippen LogP contribution is 2.34. The van der Waals surface area contributed by atoms with Crippen molar-refractivity contribution < 1.29 is 4.79 Å². The van der Waals surface area contributed by atoms with Gasteiger partial charge in [-0.2, -0.15) is 0 Å². The normalized spacial score (nSPS) is 10.1. The molecule has 0 heterocycles. The minimum atomic E-state index is -0.313. The van der Waals surface area contributed by atoms with Gasteiger partial charge < -0.3 is 11.1 Å². The zero-order valence-electron chi connectivity index (χ0n) is 7.69. The van der Waals surface area contributed by atoms with E-state index in [-0.39, 0.29) is 5.91 Å². The van der Waals surface area contributed by atoms with E-state index in [0.29, 0.717) is 13.0 Å². The van der Waals surface area contributed by atoms with Crippen molar-refractivity contribution in [1.82, 2.24) is 0 Å². The van der Waals surface area contributed by atoms with Crippen molar-refractivity contribution in [2.75, 3.05) is 11.9 Å². The van der Waals surface area contributed by atoms with Crippen molar-refractivity contribution in [1.29, 1.82) is 0 Å². The predicted octanol–water partition coefficient (Wildman–Crippen LogP) is 3.26. The van der Waals surface area contributed by atoms with Gasteiger partial charge in [0.15, 0.2) is 0 Å². The lowest BCUT2D eigenvalue weighted by Gasteiger charge is -2.10. The summed E-state index contributed by atoms with van der Waals surface area (Å²) in [6.45, 7) is 0.522. The lowest BCUT2D eigenvalue weighted by atomic mass is 10.3. The number of hydrogen-bond acceptors (Lipinski definition) is 2. The molecule has 3 N–H and O–H groups in total. The Bertz CT molecular complexity index is 359. The second-order valence-electron chi connectivity index (χ2n) is 2.89. The summed E-state index contributed by atoms with van der Waals surface area (Å²) in [7, 11) is 0. The van der Waals surface area contributed by atoms with Crippen molar-refractivity contribution >= 4 is 59.4 Å². The van der Waals surface area contributed by atoms with Crippen LogP contribution < -0.4 is 11.1 Å². The van der Waals surface area contributed by atoms with Gasteiger partial charge in [0.05, 0.1) is 5.69 Å². The van der Waals surface area contributed by atoms with Crippen LogP contribution in [0.3, 0.4) is 0 Å². The number of primary amides is 1. The first-order chi connectivity index (χ1) is 7.00. The molecule has 0 unspecified atom stereocenters. The molecule has 15 heavy (non-hydrogen) atoms. The largest absolute Gasteiger partial charge is 0.383 e. The molecule has 0 bridgehead atoms. The number of hydrogen-bond donors (Lipinski definition) is 2. The van der Waals surface area contributed by atoms with Gasteiger partial charge in [-0.3, -0.25) is 4.79 Å². The van der Waals surface area contributed by atoms with Crippen molar-refractivity contribution in [3.8, 4) is 0 Å². The van der Waals surface area contributed by atoms with Crippen molar-refractivity contribution in [3.05, 3.63) is 25.6 Å². The summed E-state index contributed by atoms with van der Waals surface area (Å²) in [5.74, 6) is -0.313. The van der Waals surface area contributed by atoms with E-state index in [4.69, 9.17) is 5.73 Å². The average Bonchev–Trinajstić information content (AvgIpc) is 2.08. The number of rotatable bonds is 4. The standard InChI is InChI=1S/C9H9Br3N2O/c10-5-3-6(11)9(7(12)4-5)14-2-1-8(13)15/h3-4,14H,1-2H2,(H2,13,15). The minimum Gasteiger partial charge on any atom is -0.383 e. The topological polar surface area (TPSA) is 55.1 Å². The molecule has 0 fully saturated rings. The third-order valence-corrected chi connectivity index (χ3v) is 3.39. The summed E-state index contributed by atoms with van der Waals surface area (Å²) >= 11 is 10.2. The number of amides is 1. The fourth-order valence-corrected chi connectivity index (χ4v) is 3.56. The van der Waals surface area contributed by atoms with E-state index < -0.39 is 0 Å². The Morgan fingerprint density at radius 1 is 1.27 bits per heavy atom. The molecule has 1 aromatic carbocycles. The number of halogens is 3. The molecule has 0 radical (unpaired) electrons. The summed E-state index contributed by atoms with van der Waals surface area (Å²) in [6, 6.07) is 3.86. The molecular weight excluding hydrogens is 392 g/mol. The molecule has 3 nitrogen and oxygen atoms in total. The molecule has 0 saturated heterocycles. The van der Waals surface area contributed by atoms with Crippen molar-refractivity contribution in [2.24, 2.45) is 5.73 Å². The molecular formula is C9H9Br3N2O. The highest BCUT2D eigenvalue weighted by Gasteiger charge is 2.06. The molecule has 0 aliphatic rings. The van der Waals surface area contributed by atoms with Gasteiger partial charge in [0.25, 0.3) is 0 Å². The van der Waals surface area contributed by atoms with Crippen LogP contribution >= 0.6 is 47.8 Å². The van der Waals surface area contributed by atoms with Gasteiger partial charge in [0.1, 0.15) is 0 Å². The third-order valence-electron chi connectivity index (χ3n) is 1.68. The van der Waals surface area contributed by atoms with Crippen LogP contribution in [-0.4, -0.2) is 12.5 Å². The van der Waals surface area contributed by atoms with Crippen LogP contribution in [0, 0.1) is 0 Å². The number of carbonyl (C=O) groups is 1. The molecule has 1 aromatic rings. The molecule has 0 aromatic heterocycles. The van der Waals surface area contributed by atoms with Crippen molar-refractivity contribution in [3.63, 3.8) is 0 Å². The lowest BCUT2D eigenvalue weighted by Crippen LogP contribution is -2.16. The first-order valence-electron chi connectivity index (χ1n) is 4.17. The number of benzene rings is 1. The molecule has 6 heteroatoms. The lowest BCUT2D eigenvalue weighted by molar-refractivity contribution is -0.117. The van der Waals surface area contributed by atoms with Gasteiger partial charge in [-0.25, -0.2) is 0 Å². The monoisotopic (exact) mass is 398 g/mol. The van der Waals surface area contributed by atoms with Crippen LogP contribution in [0.4, 0.5) is 5.69 Å². The molecule has 0 aliphatic carbocycles. The predicted molar refractivity (Wildman–Crippen MR) is 71.8 cm³/mol. The second-order valence-corrected chi connectivity index (χ2v) is 5.51. The average molecular weight is 401 g/mol. The number of nitrogens with two attached hydrogens (primary N) is 1. The molecule has 0 aliphatic heterocycles. The zero-order chi connectivity index (χ0) is 11.4. The van der Waals surface area contributed by atoms with Crippen LogP contribution in [0.1, 0.15) is 6.42 Å². The Morgan fingerprint density at radius 2 is 1.80 bits per heavy atom. The number of nitrogens with one attached hydrogen (secondary N) is 1. The smallest absolute Gasteiger partial charge is 0.219 e. The molecule has 0 spiro atoms. The fraction of sp³-hybridized carbons (Fsp3) is 0.222. The highest BCUT2D eigenvalue weighted by molar-refractivity contribution is 9.11. The second kappa shape index (κ2) is 5.86.